The van der Waals surface area contributed by atoms with Crippen LogP contribution in [0.15, 0.2) is 0 Å². The molecular weight excluding hydrogens is 190 g/mol. The molecule has 15 heavy (non-hydrogen) atoms. The van der Waals surface area contributed by atoms with Crippen molar-refractivity contribution in [2.75, 3.05) is 6.61 Å². The van der Waals surface area contributed by atoms with E-state index < -0.39 is 0 Å². The number of rotatable bonds is 6. The Balaban J connectivity index is 2.27. The highest BCUT2D eigenvalue weighted by Gasteiger charge is 2.23. The molecule has 1 aliphatic carbocycles. The molecule has 3 nitrogen and oxygen atoms in total. The van der Waals surface area contributed by atoms with Crippen molar-refractivity contribution in [1.82, 2.24) is 5.06 Å². The van der Waals surface area contributed by atoms with E-state index in [2.05, 4.69) is 13.8 Å². The summed E-state index contributed by atoms with van der Waals surface area (Å²) >= 11 is 0. The number of hydrogen-bond acceptors (Lipinski definition) is 2. The number of carbonyl (C=O) groups is 1. The molecule has 0 saturated heterocycles. The van der Waals surface area contributed by atoms with Crippen LogP contribution in [0.3, 0.4) is 0 Å². The molecule has 0 atom stereocenters. The van der Waals surface area contributed by atoms with Crippen molar-refractivity contribution < 1.29 is 9.63 Å². The summed E-state index contributed by atoms with van der Waals surface area (Å²) in [7, 11) is 0. The Labute approximate surface area is 92.7 Å². The molecule has 3 heteroatoms. The Kier molecular flexibility index (Phi) is 5.69. The third-order valence-corrected chi connectivity index (χ3v) is 3.19. The largest absolute Gasteiger partial charge is 0.276 e. The molecule has 0 aromatic rings. The first kappa shape index (κ1) is 12.5. The van der Waals surface area contributed by atoms with Crippen LogP contribution < -0.4 is 0 Å². The molecule has 0 heterocycles. The fourth-order valence-corrected chi connectivity index (χ4v) is 2.03. The SMILES string of the molecule is CCCCON(C=O)C1CCC(C)CC1. The van der Waals surface area contributed by atoms with Crippen molar-refractivity contribution in [3.63, 3.8) is 0 Å². The van der Waals surface area contributed by atoms with E-state index in [0.717, 1.165) is 38.0 Å². The average molecular weight is 213 g/mol. The van der Waals surface area contributed by atoms with E-state index in [1.54, 1.807) is 5.06 Å². The standard InChI is InChI=1S/C12H23NO2/c1-3-4-9-15-13(10-14)12-7-5-11(2)6-8-12/h10-12H,3-9H2,1-2H3. The molecule has 0 radical (unpaired) electrons. The highest BCUT2D eigenvalue weighted by atomic mass is 16.7. The first-order valence-corrected chi connectivity index (χ1v) is 6.14. The van der Waals surface area contributed by atoms with Crippen LogP contribution in [0, 0.1) is 5.92 Å². The molecule has 0 aliphatic heterocycles. The summed E-state index contributed by atoms with van der Waals surface area (Å²) < 4.78 is 0. The summed E-state index contributed by atoms with van der Waals surface area (Å²) in [5.74, 6) is 0.811. The molecule has 0 spiro atoms. The van der Waals surface area contributed by atoms with Gasteiger partial charge in [0.25, 0.3) is 0 Å². The van der Waals surface area contributed by atoms with Crippen molar-refractivity contribution in [2.45, 2.75) is 58.4 Å². The van der Waals surface area contributed by atoms with Gasteiger partial charge in [-0.3, -0.25) is 9.63 Å². The van der Waals surface area contributed by atoms with Crippen molar-refractivity contribution in [2.24, 2.45) is 5.92 Å². The second-order valence-electron chi connectivity index (χ2n) is 4.57. The lowest BCUT2D eigenvalue weighted by Crippen LogP contribution is -2.37. The van der Waals surface area contributed by atoms with Gasteiger partial charge in [-0.05, 0) is 38.0 Å². The minimum absolute atomic E-state index is 0.315. The van der Waals surface area contributed by atoms with E-state index >= 15 is 0 Å². The summed E-state index contributed by atoms with van der Waals surface area (Å²) in [6, 6.07) is 0.315. The lowest BCUT2D eigenvalue weighted by Gasteiger charge is -2.32. The Bertz CT molecular complexity index is 176. The Morgan fingerprint density at radius 2 is 2.00 bits per heavy atom. The van der Waals surface area contributed by atoms with Gasteiger partial charge in [0.15, 0.2) is 0 Å². The van der Waals surface area contributed by atoms with E-state index in [1.807, 2.05) is 0 Å². The maximum Gasteiger partial charge on any atom is 0.233 e. The van der Waals surface area contributed by atoms with Gasteiger partial charge in [-0.25, -0.2) is 5.06 Å². The molecule has 1 rings (SSSR count). The van der Waals surface area contributed by atoms with Gasteiger partial charge in [0.05, 0.1) is 12.6 Å². The van der Waals surface area contributed by atoms with Crippen LogP contribution in [-0.4, -0.2) is 24.1 Å². The lowest BCUT2D eigenvalue weighted by atomic mass is 9.87. The maximum atomic E-state index is 10.9. The predicted molar refractivity (Wildman–Crippen MR) is 60.2 cm³/mol. The van der Waals surface area contributed by atoms with Crippen LogP contribution in [0.5, 0.6) is 0 Å². The van der Waals surface area contributed by atoms with E-state index in [-0.39, 0.29) is 0 Å². The van der Waals surface area contributed by atoms with Crippen molar-refractivity contribution in [3.8, 4) is 0 Å². The molecule has 1 amide bonds. The smallest absolute Gasteiger partial charge is 0.233 e. The molecule has 1 fully saturated rings. The highest BCUT2D eigenvalue weighted by Crippen LogP contribution is 2.26. The number of nitrogens with zero attached hydrogens (tertiary/aromatic N) is 1. The molecule has 88 valence electrons. The summed E-state index contributed by atoms with van der Waals surface area (Å²) in [6.07, 6.45) is 7.58. The lowest BCUT2D eigenvalue weighted by molar-refractivity contribution is -0.191. The quantitative estimate of drug-likeness (QED) is 0.386. The molecule has 0 aromatic carbocycles. The van der Waals surface area contributed by atoms with Crippen LogP contribution in [0.4, 0.5) is 0 Å². The van der Waals surface area contributed by atoms with E-state index in [0.29, 0.717) is 12.6 Å². The summed E-state index contributed by atoms with van der Waals surface area (Å²) in [4.78, 5) is 16.4. The summed E-state index contributed by atoms with van der Waals surface area (Å²) in [5.41, 5.74) is 0. The van der Waals surface area contributed by atoms with Gasteiger partial charge in [-0.1, -0.05) is 20.3 Å². The number of amides is 1. The Morgan fingerprint density at radius 1 is 1.33 bits per heavy atom. The normalized spacial score (nSPS) is 26.3. The minimum Gasteiger partial charge on any atom is -0.276 e. The van der Waals surface area contributed by atoms with Crippen molar-refractivity contribution in [1.29, 1.82) is 0 Å². The third-order valence-electron chi connectivity index (χ3n) is 3.19. The van der Waals surface area contributed by atoms with Crippen molar-refractivity contribution in [3.05, 3.63) is 0 Å². The van der Waals surface area contributed by atoms with Crippen LogP contribution in [0.2, 0.25) is 0 Å². The van der Waals surface area contributed by atoms with Gasteiger partial charge in [-0.2, -0.15) is 0 Å². The minimum atomic E-state index is 0.315. The number of hydroxylamine groups is 2. The fraction of sp³-hybridized carbons (Fsp3) is 0.917. The van der Waals surface area contributed by atoms with Crippen LogP contribution in [-0.2, 0) is 9.63 Å². The van der Waals surface area contributed by atoms with Gasteiger partial charge in [0.1, 0.15) is 0 Å². The molecule has 1 saturated carbocycles. The number of unbranched alkanes of at least 4 members (excludes halogenated alkanes) is 1. The number of hydrogen-bond donors (Lipinski definition) is 0. The van der Waals surface area contributed by atoms with E-state index in [9.17, 15) is 4.79 Å². The van der Waals surface area contributed by atoms with Crippen LogP contribution in [0.1, 0.15) is 52.4 Å². The van der Waals surface area contributed by atoms with Gasteiger partial charge in [-0.15, -0.1) is 0 Å². The zero-order valence-electron chi connectivity index (χ0n) is 9.95. The Hall–Kier alpha value is -0.570. The monoisotopic (exact) mass is 213 g/mol. The molecule has 0 N–H and O–H groups in total. The zero-order valence-corrected chi connectivity index (χ0v) is 9.95. The molecule has 0 aromatic heterocycles. The van der Waals surface area contributed by atoms with Crippen LogP contribution >= 0.6 is 0 Å². The van der Waals surface area contributed by atoms with Crippen LogP contribution in [0.25, 0.3) is 0 Å². The molecule has 0 bridgehead atoms. The Morgan fingerprint density at radius 3 is 2.53 bits per heavy atom. The van der Waals surface area contributed by atoms with E-state index in [1.165, 1.54) is 12.8 Å². The molecule has 0 unspecified atom stereocenters. The second kappa shape index (κ2) is 6.83. The van der Waals surface area contributed by atoms with Gasteiger partial charge < -0.3 is 0 Å². The zero-order chi connectivity index (χ0) is 11.1. The van der Waals surface area contributed by atoms with Gasteiger partial charge >= 0.3 is 0 Å². The molecular formula is C12H23NO2. The predicted octanol–water partition coefficient (Wildman–Crippen LogP) is 2.76. The first-order valence-electron chi connectivity index (χ1n) is 6.14. The van der Waals surface area contributed by atoms with Gasteiger partial charge in [0.2, 0.25) is 6.41 Å². The molecule has 1 aliphatic rings. The van der Waals surface area contributed by atoms with E-state index in [4.69, 9.17) is 4.84 Å². The summed E-state index contributed by atoms with van der Waals surface area (Å²) in [5, 5.41) is 1.54. The summed E-state index contributed by atoms with van der Waals surface area (Å²) in [6.45, 7) is 5.07. The third kappa shape index (κ3) is 4.20. The fourth-order valence-electron chi connectivity index (χ4n) is 2.03. The number of carbonyl (C=O) groups excluding carboxylic acids is 1. The second-order valence-corrected chi connectivity index (χ2v) is 4.57. The first-order chi connectivity index (χ1) is 7.27. The van der Waals surface area contributed by atoms with Gasteiger partial charge in [0, 0.05) is 0 Å². The van der Waals surface area contributed by atoms with Crippen molar-refractivity contribution >= 4 is 6.41 Å². The topological polar surface area (TPSA) is 29.5 Å². The highest BCUT2D eigenvalue weighted by molar-refractivity contribution is 5.45. The maximum absolute atomic E-state index is 10.9. The average Bonchev–Trinajstić information content (AvgIpc) is 2.26.